The second-order valence-electron chi connectivity index (χ2n) is 8.84. The number of hydrogen-bond donors (Lipinski definition) is 1. The minimum Gasteiger partial charge on any atom is -0.480 e. The fourth-order valence-electron chi connectivity index (χ4n) is 3.72. The van der Waals surface area contributed by atoms with Gasteiger partial charge in [0.25, 0.3) is 0 Å². The van der Waals surface area contributed by atoms with Crippen LogP contribution in [0.5, 0.6) is 5.88 Å². The van der Waals surface area contributed by atoms with Crippen LogP contribution in [0.15, 0.2) is 29.4 Å². The zero-order valence-corrected chi connectivity index (χ0v) is 21.2. The molecule has 3 aromatic rings. The summed E-state index contributed by atoms with van der Waals surface area (Å²) in [4.78, 5) is 28.5. The summed E-state index contributed by atoms with van der Waals surface area (Å²) in [5, 5.41) is 4.97. The van der Waals surface area contributed by atoms with Gasteiger partial charge in [-0.25, -0.2) is 14.8 Å². The molecule has 1 amide bonds. The van der Waals surface area contributed by atoms with Gasteiger partial charge in [-0.3, -0.25) is 0 Å². The van der Waals surface area contributed by atoms with Crippen molar-refractivity contribution >= 4 is 45.2 Å². The molecule has 0 saturated carbocycles. The van der Waals surface area contributed by atoms with E-state index in [-0.39, 0.29) is 12.1 Å². The Kier molecular flexibility index (Phi) is 6.94. The van der Waals surface area contributed by atoms with Crippen molar-refractivity contribution < 1.29 is 14.3 Å². The largest absolute Gasteiger partial charge is 0.480 e. The van der Waals surface area contributed by atoms with Crippen LogP contribution in [-0.2, 0) is 4.74 Å². The second-order valence-corrected chi connectivity index (χ2v) is 10.6. The Bertz CT molecular complexity index is 1110. The van der Waals surface area contributed by atoms with Crippen molar-refractivity contribution in [3.05, 3.63) is 24.3 Å². The van der Waals surface area contributed by atoms with E-state index in [9.17, 15) is 4.79 Å². The molecule has 10 heteroatoms. The second kappa shape index (κ2) is 9.72. The Balaban J connectivity index is 1.66. The predicted molar refractivity (Wildman–Crippen MR) is 133 cm³/mol. The summed E-state index contributed by atoms with van der Waals surface area (Å²) in [7, 11) is 1.61. The van der Waals surface area contributed by atoms with Gasteiger partial charge in [-0.15, -0.1) is 11.3 Å². The number of nitrogens with zero attached hydrogens (tertiary/aromatic N) is 4. The van der Waals surface area contributed by atoms with E-state index in [0.717, 1.165) is 33.6 Å². The number of hydrogen-bond acceptors (Lipinski definition) is 9. The molecule has 1 aromatic carbocycles. The van der Waals surface area contributed by atoms with Gasteiger partial charge >= 0.3 is 6.09 Å². The quantitative estimate of drug-likeness (QED) is 0.383. The highest BCUT2D eigenvalue weighted by atomic mass is 32.2. The zero-order valence-electron chi connectivity index (χ0n) is 19.5. The average molecular weight is 488 g/mol. The number of carbonyl (C=O) groups excluding carboxylic acids is 1. The van der Waals surface area contributed by atoms with Gasteiger partial charge in [0.1, 0.15) is 22.0 Å². The first-order valence-corrected chi connectivity index (χ1v) is 12.9. The minimum absolute atomic E-state index is 0.0220. The fourth-order valence-corrected chi connectivity index (χ4v) is 5.08. The maximum Gasteiger partial charge on any atom is 0.410 e. The number of methoxy groups -OCH3 is 1. The van der Waals surface area contributed by atoms with E-state index in [1.165, 1.54) is 11.8 Å². The number of thiazole rings is 1. The molecule has 0 spiro atoms. The lowest BCUT2D eigenvalue weighted by Gasteiger charge is -2.34. The molecule has 4 rings (SSSR count). The van der Waals surface area contributed by atoms with Crippen molar-refractivity contribution in [3.63, 3.8) is 0 Å². The Morgan fingerprint density at radius 3 is 2.73 bits per heavy atom. The molecule has 176 valence electrons. The smallest absolute Gasteiger partial charge is 0.410 e. The number of para-hydroxylation sites is 1. The third kappa shape index (κ3) is 5.50. The molecule has 3 heterocycles. The molecule has 1 aliphatic heterocycles. The molecular formula is C23H29N5O3S2. The third-order valence-electron chi connectivity index (χ3n) is 5.15. The number of amides is 1. The van der Waals surface area contributed by atoms with Crippen LogP contribution in [0.25, 0.3) is 20.8 Å². The van der Waals surface area contributed by atoms with Gasteiger partial charge in [-0.2, -0.15) is 4.98 Å². The topological polar surface area (TPSA) is 89.5 Å². The van der Waals surface area contributed by atoms with Crippen LogP contribution in [0.1, 0.15) is 33.6 Å². The fraction of sp³-hybridized carbons (Fsp3) is 0.478. The van der Waals surface area contributed by atoms with E-state index in [4.69, 9.17) is 19.4 Å². The third-order valence-corrected chi connectivity index (χ3v) is 6.75. The first-order chi connectivity index (χ1) is 15.8. The molecular weight excluding hydrogens is 458 g/mol. The van der Waals surface area contributed by atoms with Crippen LogP contribution in [0.2, 0.25) is 0 Å². The van der Waals surface area contributed by atoms with E-state index >= 15 is 0 Å². The standard InChI is InChI=1S/C23H29N5O3S2/c1-23(2,3)31-22(29)28-12-8-9-14(13-28)24-18-17(19(30-4)27-21(26-18)32-5)20-25-15-10-6-7-11-16(15)33-20/h6-7,10-11,14H,8-9,12-13H2,1-5H3,(H,24,26,27). The van der Waals surface area contributed by atoms with Gasteiger partial charge in [0, 0.05) is 19.1 Å². The number of fused-ring (bicyclic) bond motifs is 1. The first kappa shape index (κ1) is 23.6. The molecule has 33 heavy (non-hydrogen) atoms. The lowest BCUT2D eigenvalue weighted by atomic mass is 10.1. The molecule has 8 nitrogen and oxygen atoms in total. The van der Waals surface area contributed by atoms with Crippen LogP contribution < -0.4 is 10.1 Å². The van der Waals surface area contributed by atoms with Gasteiger partial charge in [0.15, 0.2) is 5.16 Å². The van der Waals surface area contributed by atoms with Crippen LogP contribution in [-0.4, -0.2) is 64.0 Å². The number of anilines is 1. The van der Waals surface area contributed by atoms with Crippen molar-refractivity contribution in [2.45, 2.75) is 50.4 Å². The van der Waals surface area contributed by atoms with Gasteiger partial charge in [0.05, 0.1) is 17.3 Å². The van der Waals surface area contributed by atoms with Crippen LogP contribution in [0, 0.1) is 0 Å². The Morgan fingerprint density at radius 1 is 1.24 bits per heavy atom. The van der Waals surface area contributed by atoms with Crippen molar-refractivity contribution in [1.82, 2.24) is 19.9 Å². The number of aromatic nitrogens is 3. The Hall–Kier alpha value is -2.59. The summed E-state index contributed by atoms with van der Waals surface area (Å²) in [6, 6.07) is 8.04. The normalized spacial score (nSPS) is 16.6. The lowest BCUT2D eigenvalue weighted by molar-refractivity contribution is 0.0206. The zero-order chi connectivity index (χ0) is 23.6. The highest BCUT2D eigenvalue weighted by Gasteiger charge is 2.29. The van der Waals surface area contributed by atoms with Crippen molar-refractivity contribution in [1.29, 1.82) is 0 Å². The predicted octanol–water partition coefficient (Wildman–Crippen LogP) is 5.30. The average Bonchev–Trinajstić information content (AvgIpc) is 3.21. The number of carbonyl (C=O) groups is 1. The lowest BCUT2D eigenvalue weighted by Crippen LogP contribution is -2.47. The molecule has 1 unspecified atom stereocenters. The van der Waals surface area contributed by atoms with E-state index in [1.807, 2.05) is 51.3 Å². The first-order valence-electron chi connectivity index (χ1n) is 10.9. The number of benzene rings is 1. The summed E-state index contributed by atoms with van der Waals surface area (Å²) in [5.41, 5.74) is 1.14. The molecule has 0 radical (unpaired) electrons. The van der Waals surface area contributed by atoms with E-state index in [1.54, 1.807) is 23.3 Å². The molecule has 1 fully saturated rings. The van der Waals surface area contributed by atoms with Crippen LogP contribution in [0.3, 0.4) is 0 Å². The summed E-state index contributed by atoms with van der Waals surface area (Å²) in [6.07, 6.45) is 3.44. The SMILES string of the molecule is COc1nc(SC)nc(NC2CCCN(C(=O)OC(C)(C)C)C2)c1-c1nc2ccccc2s1. The molecule has 2 aromatic heterocycles. The molecule has 1 saturated heterocycles. The highest BCUT2D eigenvalue weighted by Crippen LogP contribution is 2.40. The molecule has 1 N–H and O–H groups in total. The highest BCUT2D eigenvalue weighted by molar-refractivity contribution is 7.98. The van der Waals surface area contributed by atoms with Crippen molar-refractivity contribution in [3.8, 4) is 16.5 Å². The summed E-state index contributed by atoms with van der Waals surface area (Å²) in [6.45, 7) is 6.86. The molecule has 1 atom stereocenters. The van der Waals surface area contributed by atoms with Gasteiger partial charge < -0.3 is 19.7 Å². The maximum atomic E-state index is 12.6. The summed E-state index contributed by atoms with van der Waals surface area (Å²) >= 11 is 3.03. The van der Waals surface area contributed by atoms with Crippen molar-refractivity contribution in [2.24, 2.45) is 0 Å². The van der Waals surface area contributed by atoms with Gasteiger partial charge in [-0.05, 0) is 52.0 Å². The van der Waals surface area contributed by atoms with E-state index in [0.29, 0.717) is 29.9 Å². The minimum atomic E-state index is -0.523. The molecule has 0 aliphatic carbocycles. The van der Waals surface area contributed by atoms with Gasteiger partial charge in [0.2, 0.25) is 5.88 Å². The monoisotopic (exact) mass is 487 g/mol. The number of nitrogens with one attached hydrogen (secondary N) is 1. The van der Waals surface area contributed by atoms with E-state index < -0.39 is 5.60 Å². The Labute approximate surface area is 202 Å². The number of likely N-dealkylation sites (tertiary alicyclic amines) is 1. The number of thioether (sulfide) groups is 1. The van der Waals surface area contributed by atoms with Gasteiger partial charge in [-0.1, -0.05) is 23.9 Å². The molecule has 0 bridgehead atoms. The van der Waals surface area contributed by atoms with E-state index in [2.05, 4.69) is 10.3 Å². The van der Waals surface area contributed by atoms with Crippen molar-refractivity contribution in [2.75, 3.05) is 31.8 Å². The number of ether oxygens (including phenoxy) is 2. The van der Waals surface area contributed by atoms with Crippen LogP contribution in [0.4, 0.5) is 10.6 Å². The Morgan fingerprint density at radius 2 is 2.03 bits per heavy atom. The number of rotatable bonds is 5. The molecule has 1 aliphatic rings. The maximum absolute atomic E-state index is 12.6. The van der Waals surface area contributed by atoms with Crippen LogP contribution >= 0.6 is 23.1 Å². The summed E-state index contributed by atoms with van der Waals surface area (Å²) in [5.74, 6) is 1.15. The number of piperidine rings is 1. The summed E-state index contributed by atoms with van der Waals surface area (Å²) < 4.78 is 12.3.